The highest BCUT2D eigenvalue weighted by atomic mass is 32.2. The van der Waals surface area contributed by atoms with Gasteiger partial charge in [0, 0.05) is 10.8 Å². The van der Waals surface area contributed by atoms with Gasteiger partial charge >= 0.3 is 5.97 Å². The molecule has 1 unspecified atom stereocenters. The SMILES string of the molecule is N#Cc1ccccc1CS(=O)Cc1ccc(C(=O)O)o1. The zero-order valence-electron chi connectivity index (χ0n) is 10.4. The van der Waals surface area contributed by atoms with E-state index in [1.165, 1.54) is 12.1 Å². The molecule has 1 aromatic carbocycles. The number of benzene rings is 1. The van der Waals surface area contributed by atoms with Crippen LogP contribution in [-0.2, 0) is 22.3 Å². The Morgan fingerprint density at radius 2 is 2.00 bits per heavy atom. The van der Waals surface area contributed by atoms with Gasteiger partial charge in [0.1, 0.15) is 5.76 Å². The Morgan fingerprint density at radius 3 is 2.65 bits per heavy atom. The van der Waals surface area contributed by atoms with Crippen molar-refractivity contribution in [3.8, 4) is 6.07 Å². The minimum atomic E-state index is -1.27. The third-order valence-corrected chi connectivity index (χ3v) is 3.87. The molecular weight excluding hydrogens is 278 g/mol. The van der Waals surface area contributed by atoms with Crippen LogP contribution in [0.15, 0.2) is 40.8 Å². The van der Waals surface area contributed by atoms with Crippen LogP contribution in [-0.4, -0.2) is 15.3 Å². The topological polar surface area (TPSA) is 91.3 Å². The smallest absolute Gasteiger partial charge is 0.371 e. The Hall–Kier alpha value is -2.39. The number of carboxylic acids is 1. The summed E-state index contributed by atoms with van der Waals surface area (Å²) in [5, 5.41) is 17.7. The van der Waals surface area contributed by atoms with Gasteiger partial charge in [-0.3, -0.25) is 4.21 Å². The van der Waals surface area contributed by atoms with Gasteiger partial charge in [-0.15, -0.1) is 0 Å². The molecule has 0 aliphatic carbocycles. The van der Waals surface area contributed by atoms with Crippen LogP contribution in [0.4, 0.5) is 0 Å². The summed E-state index contributed by atoms with van der Waals surface area (Å²) in [7, 11) is -1.27. The summed E-state index contributed by atoms with van der Waals surface area (Å²) >= 11 is 0. The predicted molar refractivity (Wildman–Crippen MR) is 72.4 cm³/mol. The highest BCUT2D eigenvalue weighted by Crippen LogP contribution is 2.15. The Balaban J connectivity index is 2.05. The van der Waals surface area contributed by atoms with Crippen molar-refractivity contribution in [3.05, 3.63) is 59.0 Å². The van der Waals surface area contributed by atoms with E-state index < -0.39 is 16.8 Å². The van der Waals surface area contributed by atoms with Crippen LogP contribution in [0.25, 0.3) is 0 Å². The van der Waals surface area contributed by atoms with Crippen molar-refractivity contribution < 1.29 is 18.5 Å². The molecule has 0 saturated carbocycles. The fourth-order valence-electron chi connectivity index (χ4n) is 1.71. The van der Waals surface area contributed by atoms with Gasteiger partial charge < -0.3 is 9.52 Å². The molecule has 1 N–H and O–H groups in total. The second-order valence-corrected chi connectivity index (χ2v) is 5.53. The van der Waals surface area contributed by atoms with Crippen LogP contribution in [0.1, 0.15) is 27.4 Å². The van der Waals surface area contributed by atoms with Crippen LogP contribution < -0.4 is 0 Å². The third-order valence-electron chi connectivity index (χ3n) is 2.63. The van der Waals surface area contributed by atoms with Crippen molar-refractivity contribution >= 4 is 16.8 Å². The van der Waals surface area contributed by atoms with Gasteiger partial charge in [0.15, 0.2) is 0 Å². The first kappa shape index (κ1) is 14.0. The molecule has 5 nitrogen and oxygen atoms in total. The molecular formula is C14H11NO4S. The van der Waals surface area contributed by atoms with E-state index in [0.29, 0.717) is 16.9 Å². The van der Waals surface area contributed by atoms with Crippen molar-refractivity contribution in [3.63, 3.8) is 0 Å². The summed E-state index contributed by atoms with van der Waals surface area (Å²) in [6.07, 6.45) is 0. The molecule has 102 valence electrons. The number of rotatable bonds is 5. The number of carboxylic acid groups (broad SMARTS) is 1. The zero-order chi connectivity index (χ0) is 14.5. The van der Waals surface area contributed by atoms with Crippen LogP contribution in [0.2, 0.25) is 0 Å². The Labute approximate surface area is 117 Å². The van der Waals surface area contributed by atoms with Crippen molar-refractivity contribution in [2.75, 3.05) is 0 Å². The monoisotopic (exact) mass is 289 g/mol. The average molecular weight is 289 g/mol. The molecule has 1 aromatic heterocycles. The summed E-state index contributed by atoms with van der Waals surface area (Å²) in [6, 6.07) is 11.8. The lowest BCUT2D eigenvalue weighted by molar-refractivity contribution is 0.0661. The average Bonchev–Trinajstić information content (AvgIpc) is 2.88. The van der Waals surface area contributed by atoms with Crippen LogP contribution in [0.5, 0.6) is 0 Å². The van der Waals surface area contributed by atoms with Crippen molar-refractivity contribution in [2.24, 2.45) is 0 Å². The molecule has 0 radical (unpaired) electrons. The summed E-state index contributed by atoms with van der Waals surface area (Å²) in [5.41, 5.74) is 1.20. The fourth-order valence-corrected chi connectivity index (χ4v) is 2.88. The maximum absolute atomic E-state index is 12.0. The maximum atomic E-state index is 12.0. The lowest BCUT2D eigenvalue weighted by atomic mass is 10.1. The first-order chi connectivity index (χ1) is 9.60. The molecule has 2 rings (SSSR count). The number of nitrogens with zero attached hydrogens (tertiary/aromatic N) is 1. The molecule has 0 amide bonds. The van der Waals surface area contributed by atoms with Gasteiger partial charge in [-0.2, -0.15) is 5.26 Å². The molecule has 0 spiro atoms. The number of carbonyl (C=O) groups is 1. The number of hydrogen-bond acceptors (Lipinski definition) is 4. The van der Waals surface area contributed by atoms with Crippen LogP contribution >= 0.6 is 0 Å². The molecule has 2 aromatic rings. The lowest BCUT2D eigenvalue weighted by Gasteiger charge is -2.03. The quantitative estimate of drug-likeness (QED) is 0.911. The summed E-state index contributed by atoms with van der Waals surface area (Å²) in [6.45, 7) is 0. The van der Waals surface area contributed by atoms with E-state index in [4.69, 9.17) is 14.8 Å². The number of furan rings is 1. The molecule has 0 bridgehead atoms. The number of aromatic carboxylic acids is 1. The fraction of sp³-hybridized carbons (Fsp3) is 0.143. The molecule has 0 saturated heterocycles. The minimum absolute atomic E-state index is 0.118. The van der Waals surface area contributed by atoms with E-state index >= 15 is 0 Å². The molecule has 0 fully saturated rings. The summed E-state index contributed by atoms with van der Waals surface area (Å²) in [4.78, 5) is 10.7. The highest BCUT2D eigenvalue weighted by molar-refractivity contribution is 7.83. The summed E-state index contributed by atoms with van der Waals surface area (Å²) < 4.78 is 17.1. The van der Waals surface area contributed by atoms with E-state index in [9.17, 15) is 9.00 Å². The molecule has 0 aliphatic heterocycles. The van der Waals surface area contributed by atoms with E-state index in [2.05, 4.69) is 0 Å². The Bertz CT molecular complexity index is 699. The van der Waals surface area contributed by atoms with Gasteiger partial charge in [0.25, 0.3) is 0 Å². The molecule has 0 aliphatic rings. The standard InChI is InChI=1S/C14H11NO4S/c15-7-10-3-1-2-4-11(10)8-20(18)9-12-5-6-13(19-12)14(16)17/h1-6H,8-9H2,(H,16,17). The molecule has 20 heavy (non-hydrogen) atoms. The van der Waals surface area contributed by atoms with Crippen molar-refractivity contribution in [2.45, 2.75) is 11.5 Å². The lowest BCUT2D eigenvalue weighted by Crippen LogP contribution is -2.01. The number of hydrogen-bond donors (Lipinski definition) is 1. The van der Waals surface area contributed by atoms with Gasteiger partial charge in [0.2, 0.25) is 5.76 Å². The van der Waals surface area contributed by atoms with Crippen molar-refractivity contribution in [1.29, 1.82) is 5.26 Å². The predicted octanol–water partition coefficient (Wildman–Crippen LogP) is 2.30. The maximum Gasteiger partial charge on any atom is 0.371 e. The van der Waals surface area contributed by atoms with Crippen molar-refractivity contribution in [1.82, 2.24) is 0 Å². The van der Waals surface area contributed by atoms with E-state index in [0.717, 1.165) is 0 Å². The molecule has 1 atom stereocenters. The van der Waals surface area contributed by atoms with Gasteiger partial charge in [-0.1, -0.05) is 18.2 Å². The second-order valence-electron chi connectivity index (χ2n) is 4.07. The van der Waals surface area contributed by atoms with Crippen LogP contribution in [0.3, 0.4) is 0 Å². The van der Waals surface area contributed by atoms with Crippen LogP contribution in [0, 0.1) is 11.3 Å². The normalized spacial score (nSPS) is 11.8. The largest absolute Gasteiger partial charge is 0.475 e. The Kier molecular flexibility index (Phi) is 4.33. The third kappa shape index (κ3) is 3.33. The minimum Gasteiger partial charge on any atom is -0.475 e. The Morgan fingerprint density at radius 1 is 1.25 bits per heavy atom. The van der Waals surface area contributed by atoms with E-state index in [1.54, 1.807) is 24.3 Å². The van der Waals surface area contributed by atoms with Gasteiger partial charge in [-0.25, -0.2) is 4.79 Å². The first-order valence-electron chi connectivity index (χ1n) is 5.75. The van der Waals surface area contributed by atoms with E-state index in [1.807, 2.05) is 6.07 Å². The highest BCUT2D eigenvalue weighted by Gasteiger charge is 2.12. The van der Waals surface area contributed by atoms with E-state index in [-0.39, 0.29) is 17.3 Å². The molecule has 6 heteroatoms. The zero-order valence-corrected chi connectivity index (χ0v) is 11.2. The van der Waals surface area contributed by atoms with Gasteiger partial charge in [-0.05, 0) is 23.8 Å². The second kappa shape index (κ2) is 6.17. The van der Waals surface area contributed by atoms with Gasteiger partial charge in [0.05, 0.1) is 23.1 Å². The number of nitriles is 1. The first-order valence-corrected chi connectivity index (χ1v) is 7.24. The molecule has 1 heterocycles. The summed E-state index contributed by atoms with van der Waals surface area (Å²) in [5.74, 6) is -0.624.